The molecule has 1 heterocycles. The van der Waals surface area contributed by atoms with Crippen molar-refractivity contribution in [2.24, 2.45) is 0 Å². The van der Waals surface area contributed by atoms with Crippen molar-refractivity contribution in [2.45, 2.75) is 18.1 Å². The Morgan fingerprint density at radius 2 is 2.55 bits per heavy atom. The molecule has 0 bridgehead atoms. The Morgan fingerprint density at radius 3 is 3.18 bits per heavy atom. The quantitative estimate of drug-likeness (QED) is 0.498. The molecule has 0 saturated carbocycles. The maximum atomic E-state index is 5.14. The largest absolute Gasteiger partial charge is 0.379 e. The van der Waals surface area contributed by atoms with Gasteiger partial charge in [0.15, 0.2) is 0 Å². The molecule has 1 fully saturated rings. The lowest BCUT2D eigenvalue weighted by Gasteiger charge is -2.21. The van der Waals surface area contributed by atoms with Gasteiger partial charge in [-0.1, -0.05) is 18.3 Å². The molecule has 1 aliphatic heterocycles. The van der Waals surface area contributed by atoms with Gasteiger partial charge in [-0.25, -0.2) is 0 Å². The summed E-state index contributed by atoms with van der Waals surface area (Å²) in [5, 5.41) is 3.20. The van der Waals surface area contributed by atoms with Crippen LogP contribution < -0.4 is 5.32 Å². The highest BCUT2D eigenvalue weighted by Crippen LogP contribution is 2.31. The van der Waals surface area contributed by atoms with E-state index in [1.54, 1.807) is 0 Å². The van der Waals surface area contributed by atoms with Gasteiger partial charge in [-0.05, 0) is 6.92 Å². The third kappa shape index (κ3) is 2.49. The first-order valence-electron chi connectivity index (χ1n) is 3.70. The number of hydrogen-bond acceptors (Lipinski definition) is 2. The zero-order chi connectivity index (χ0) is 8.32. The molecule has 0 aliphatic carbocycles. The molecule has 1 unspecified atom stereocenters. The van der Waals surface area contributed by atoms with Crippen molar-refractivity contribution in [2.75, 3.05) is 12.3 Å². The van der Waals surface area contributed by atoms with E-state index < -0.39 is 0 Å². The molecule has 0 aromatic rings. The van der Waals surface area contributed by atoms with Crippen LogP contribution in [0.15, 0.2) is 12.7 Å². The minimum atomic E-state index is 0.153. The minimum absolute atomic E-state index is 0.153. The topological polar surface area (TPSA) is 12.0 Å². The van der Waals surface area contributed by atoms with Crippen molar-refractivity contribution in [1.29, 1.82) is 0 Å². The molecule has 1 saturated heterocycles. The lowest BCUT2D eigenvalue weighted by atomic mass is 10.1. The van der Waals surface area contributed by atoms with Crippen LogP contribution >= 0.6 is 24.0 Å². The Balaban J connectivity index is 2.65. The molecule has 1 atom stereocenters. The smallest absolute Gasteiger partial charge is 0.0770 e. The molecule has 1 aliphatic rings. The molecule has 11 heavy (non-hydrogen) atoms. The second-order valence-electron chi connectivity index (χ2n) is 2.89. The predicted octanol–water partition coefficient (Wildman–Crippen LogP) is 1.98. The van der Waals surface area contributed by atoms with E-state index in [0.717, 1.165) is 23.7 Å². The fraction of sp³-hybridized carbons (Fsp3) is 0.625. The first-order chi connectivity index (χ1) is 5.16. The number of hydrogen-bond donors (Lipinski definition) is 1. The van der Waals surface area contributed by atoms with E-state index in [1.807, 2.05) is 17.8 Å². The number of thiocarbonyl (C=S) groups is 1. The van der Waals surface area contributed by atoms with Crippen molar-refractivity contribution in [1.82, 2.24) is 5.32 Å². The van der Waals surface area contributed by atoms with E-state index in [0.29, 0.717) is 0 Å². The van der Waals surface area contributed by atoms with E-state index >= 15 is 0 Å². The average molecular weight is 187 g/mol. The van der Waals surface area contributed by atoms with Crippen LogP contribution in [-0.2, 0) is 0 Å². The van der Waals surface area contributed by atoms with Crippen molar-refractivity contribution >= 4 is 29.0 Å². The van der Waals surface area contributed by atoms with Crippen LogP contribution in [0, 0.1) is 0 Å². The minimum Gasteiger partial charge on any atom is -0.379 e. The fourth-order valence-corrected chi connectivity index (χ4v) is 2.57. The van der Waals surface area contributed by atoms with Crippen molar-refractivity contribution in [3.05, 3.63) is 12.7 Å². The third-order valence-electron chi connectivity index (χ3n) is 1.80. The van der Waals surface area contributed by atoms with Gasteiger partial charge in [0.05, 0.1) is 4.99 Å². The molecular formula is C8H13NS2. The summed E-state index contributed by atoms with van der Waals surface area (Å²) in [6.07, 6.45) is 2.92. The Morgan fingerprint density at radius 1 is 1.82 bits per heavy atom. The van der Waals surface area contributed by atoms with Gasteiger partial charge in [0.2, 0.25) is 0 Å². The van der Waals surface area contributed by atoms with E-state index in [4.69, 9.17) is 12.2 Å². The second kappa shape index (κ2) is 3.59. The highest BCUT2D eigenvalue weighted by Gasteiger charge is 2.24. The molecule has 0 spiro atoms. The van der Waals surface area contributed by atoms with Crippen molar-refractivity contribution in [3.8, 4) is 0 Å². The molecule has 1 N–H and O–H groups in total. The number of nitrogens with one attached hydrogen (secondary N) is 1. The van der Waals surface area contributed by atoms with Crippen LogP contribution in [0.3, 0.4) is 0 Å². The average Bonchev–Trinajstić information content (AvgIpc) is 2.13. The Bertz CT molecular complexity index is 179. The van der Waals surface area contributed by atoms with E-state index in [2.05, 4.69) is 18.8 Å². The highest BCUT2D eigenvalue weighted by atomic mass is 32.2. The third-order valence-corrected chi connectivity index (χ3v) is 3.47. The fourth-order valence-electron chi connectivity index (χ4n) is 1.04. The van der Waals surface area contributed by atoms with Crippen LogP contribution in [0.2, 0.25) is 0 Å². The van der Waals surface area contributed by atoms with Gasteiger partial charge in [0, 0.05) is 23.5 Å². The van der Waals surface area contributed by atoms with Gasteiger partial charge < -0.3 is 5.32 Å². The zero-order valence-corrected chi connectivity index (χ0v) is 8.36. The van der Waals surface area contributed by atoms with Crippen LogP contribution in [0.5, 0.6) is 0 Å². The Labute approximate surface area is 77.6 Å². The first-order valence-corrected chi connectivity index (χ1v) is 5.10. The molecule has 1 rings (SSSR count). The molecule has 3 heteroatoms. The molecule has 62 valence electrons. The highest BCUT2D eigenvalue weighted by molar-refractivity contribution is 8.00. The molecule has 0 radical (unpaired) electrons. The summed E-state index contributed by atoms with van der Waals surface area (Å²) < 4.78 is 0.153. The Kier molecular flexibility index (Phi) is 2.96. The summed E-state index contributed by atoms with van der Waals surface area (Å²) in [5.74, 6) is 1.11. The van der Waals surface area contributed by atoms with Crippen LogP contribution in [0.4, 0.5) is 0 Å². The molecule has 0 aromatic heterocycles. The maximum Gasteiger partial charge on any atom is 0.0770 e. The summed E-state index contributed by atoms with van der Waals surface area (Å²) in [5.41, 5.74) is 0. The first kappa shape index (κ1) is 9.07. The summed E-state index contributed by atoms with van der Waals surface area (Å²) in [4.78, 5) is 0.970. The van der Waals surface area contributed by atoms with Gasteiger partial charge in [-0.15, -0.1) is 18.3 Å². The summed E-state index contributed by atoms with van der Waals surface area (Å²) in [6, 6.07) is 0. The van der Waals surface area contributed by atoms with Crippen LogP contribution in [0.25, 0.3) is 0 Å². The van der Waals surface area contributed by atoms with E-state index in [-0.39, 0.29) is 4.75 Å². The summed E-state index contributed by atoms with van der Waals surface area (Å²) >= 11 is 7.06. The van der Waals surface area contributed by atoms with Crippen molar-refractivity contribution in [3.63, 3.8) is 0 Å². The van der Waals surface area contributed by atoms with Crippen molar-refractivity contribution < 1.29 is 0 Å². The normalized spacial score (nSPS) is 32.3. The van der Waals surface area contributed by atoms with Gasteiger partial charge in [0.1, 0.15) is 0 Å². The standard InChI is InChI=1S/C8H13NS2/c1-3-8(2)6-7(10)9-4-5-11-8/h3H,1,4-6H2,2H3,(H,9,10). The van der Waals surface area contributed by atoms with Gasteiger partial charge in [-0.2, -0.15) is 0 Å². The molecule has 1 nitrogen and oxygen atoms in total. The zero-order valence-electron chi connectivity index (χ0n) is 6.72. The molecular weight excluding hydrogens is 174 g/mol. The van der Waals surface area contributed by atoms with Gasteiger partial charge in [-0.3, -0.25) is 0 Å². The van der Waals surface area contributed by atoms with Crippen LogP contribution in [-0.4, -0.2) is 22.0 Å². The summed E-state index contributed by atoms with van der Waals surface area (Å²) in [6.45, 7) is 7.00. The number of thioether (sulfide) groups is 1. The Hall–Kier alpha value is -0.0200. The predicted molar refractivity (Wildman–Crippen MR) is 56.3 cm³/mol. The number of rotatable bonds is 1. The SMILES string of the molecule is C=CC1(C)CC(=S)NCCS1. The lowest BCUT2D eigenvalue weighted by Crippen LogP contribution is -2.25. The van der Waals surface area contributed by atoms with E-state index in [9.17, 15) is 0 Å². The van der Waals surface area contributed by atoms with Gasteiger partial charge in [0.25, 0.3) is 0 Å². The van der Waals surface area contributed by atoms with Crippen LogP contribution in [0.1, 0.15) is 13.3 Å². The van der Waals surface area contributed by atoms with E-state index in [1.165, 1.54) is 0 Å². The lowest BCUT2D eigenvalue weighted by molar-refractivity contribution is 0.831. The molecule has 0 aromatic carbocycles. The monoisotopic (exact) mass is 187 g/mol. The second-order valence-corrected chi connectivity index (χ2v) is 5.01. The van der Waals surface area contributed by atoms with Gasteiger partial charge >= 0.3 is 0 Å². The maximum absolute atomic E-state index is 5.14. The summed E-state index contributed by atoms with van der Waals surface area (Å²) in [7, 11) is 0. The molecule has 0 amide bonds.